The number of allylic oxidation sites excluding steroid dienone is 5. The second-order valence-corrected chi connectivity index (χ2v) is 13.7. The average Bonchev–Trinajstić information content (AvgIpc) is 3.63. The molecular formula is C50H39N3O. The molecule has 260 valence electrons. The number of rotatable bonds is 8. The van der Waals surface area contributed by atoms with Crippen molar-refractivity contribution in [2.24, 2.45) is 0 Å². The molecule has 9 rings (SSSR count). The largest absolute Gasteiger partial charge is 0.456 e. The molecule has 1 aliphatic rings. The van der Waals surface area contributed by atoms with E-state index in [0.29, 0.717) is 17.5 Å². The van der Waals surface area contributed by atoms with Crippen molar-refractivity contribution < 1.29 is 4.42 Å². The maximum absolute atomic E-state index is 6.48. The third kappa shape index (κ3) is 6.48. The van der Waals surface area contributed by atoms with E-state index >= 15 is 0 Å². The summed E-state index contributed by atoms with van der Waals surface area (Å²) in [6.07, 6.45) is 15.5. The lowest BCUT2D eigenvalue weighted by atomic mass is 9.90. The van der Waals surface area contributed by atoms with E-state index in [1.165, 1.54) is 29.5 Å². The molecule has 8 aromatic rings. The molecule has 0 atom stereocenters. The third-order valence-electron chi connectivity index (χ3n) is 10.3. The van der Waals surface area contributed by atoms with Crippen molar-refractivity contribution in [2.75, 3.05) is 0 Å². The Hall–Kier alpha value is -6.65. The van der Waals surface area contributed by atoms with Gasteiger partial charge in [-0.2, -0.15) is 0 Å². The van der Waals surface area contributed by atoms with Crippen LogP contribution in [0.25, 0.3) is 90.0 Å². The molecule has 0 amide bonds. The first-order chi connectivity index (χ1) is 26.7. The summed E-state index contributed by atoms with van der Waals surface area (Å²) < 4.78 is 6.48. The fourth-order valence-corrected chi connectivity index (χ4v) is 7.58. The normalized spacial score (nSPS) is 13.3. The van der Waals surface area contributed by atoms with Crippen molar-refractivity contribution in [3.63, 3.8) is 0 Å². The van der Waals surface area contributed by atoms with Gasteiger partial charge in [-0.05, 0) is 95.8 Å². The Balaban J connectivity index is 1.29. The maximum Gasteiger partial charge on any atom is 0.165 e. The first-order valence-electron chi connectivity index (χ1n) is 18.8. The number of nitrogens with zero attached hydrogens (tertiary/aromatic N) is 3. The van der Waals surface area contributed by atoms with Gasteiger partial charge in [-0.25, -0.2) is 15.0 Å². The van der Waals surface area contributed by atoms with Crippen LogP contribution in [0.4, 0.5) is 0 Å². The van der Waals surface area contributed by atoms with Crippen molar-refractivity contribution in [1.82, 2.24) is 15.0 Å². The SMILES string of the molecule is C/C=C\C=C/c1cc(-c2ccc3oc4ccccc4c3c2-c2nc(-c3ccccc3)nc(-c3ccc(C4=CCCCC4)cc3)n2)ccc1-c1ccccc1. The zero-order valence-electron chi connectivity index (χ0n) is 30.2. The van der Waals surface area contributed by atoms with Crippen LogP contribution >= 0.6 is 0 Å². The monoisotopic (exact) mass is 697 g/mol. The van der Waals surface area contributed by atoms with Gasteiger partial charge in [-0.15, -0.1) is 0 Å². The highest BCUT2D eigenvalue weighted by Gasteiger charge is 2.22. The molecule has 0 unspecified atom stereocenters. The van der Waals surface area contributed by atoms with Crippen LogP contribution in [0.2, 0.25) is 0 Å². The Morgan fingerprint density at radius 3 is 1.93 bits per heavy atom. The summed E-state index contributed by atoms with van der Waals surface area (Å²) >= 11 is 0. The molecule has 4 nitrogen and oxygen atoms in total. The van der Waals surface area contributed by atoms with Gasteiger partial charge < -0.3 is 4.42 Å². The fourth-order valence-electron chi connectivity index (χ4n) is 7.58. The molecule has 0 fully saturated rings. The number of hydrogen-bond donors (Lipinski definition) is 0. The summed E-state index contributed by atoms with van der Waals surface area (Å²) in [4.78, 5) is 15.7. The predicted octanol–water partition coefficient (Wildman–Crippen LogP) is 13.7. The molecule has 0 saturated heterocycles. The number of benzene rings is 6. The zero-order valence-corrected chi connectivity index (χ0v) is 30.2. The highest BCUT2D eigenvalue weighted by Crippen LogP contribution is 2.43. The van der Waals surface area contributed by atoms with Gasteiger partial charge in [0.2, 0.25) is 0 Å². The highest BCUT2D eigenvalue weighted by molar-refractivity contribution is 6.15. The minimum Gasteiger partial charge on any atom is -0.456 e. The number of para-hydroxylation sites is 1. The van der Waals surface area contributed by atoms with Gasteiger partial charge in [0.15, 0.2) is 17.5 Å². The molecule has 6 aromatic carbocycles. The minimum atomic E-state index is 0.600. The van der Waals surface area contributed by atoms with E-state index in [2.05, 4.69) is 133 Å². The maximum atomic E-state index is 6.48. The van der Waals surface area contributed by atoms with Gasteiger partial charge in [0.25, 0.3) is 0 Å². The number of hydrogen-bond acceptors (Lipinski definition) is 4. The van der Waals surface area contributed by atoms with Crippen molar-refractivity contribution in [1.29, 1.82) is 0 Å². The Kier molecular flexibility index (Phi) is 9.08. The van der Waals surface area contributed by atoms with Crippen LogP contribution in [0.15, 0.2) is 168 Å². The second kappa shape index (κ2) is 14.8. The second-order valence-electron chi connectivity index (χ2n) is 13.7. The Morgan fingerprint density at radius 1 is 0.537 bits per heavy atom. The smallest absolute Gasteiger partial charge is 0.165 e. The van der Waals surface area contributed by atoms with E-state index in [9.17, 15) is 0 Å². The first kappa shape index (κ1) is 33.2. The van der Waals surface area contributed by atoms with Crippen LogP contribution in [0.1, 0.15) is 43.7 Å². The first-order valence-corrected chi connectivity index (χ1v) is 18.8. The Labute approximate surface area is 315 Å². The van der Waals surface area contributed by atoms with Gasteiger partial charge in [0, 0.05) is 27.5 Å². The van der Waals surface area contributed by atoms with Crippen LogP contribution in [0.3, 0.4) is 0 Å². The average molecular weight is 698 g/mol. The van der Waals surface area contributed by atoms with Crippen molar-refractivity contribution in [3.05, 3.63) is 175 Å². The molecule has 4 heteroatoms. The van der Waals surface area contributed by atoms with Crippen molar-refractivity contribution in [2.45, 2.75) is 32.6 Å². The molecule has 0 N–H and O–H groups in total. The minimum absolute atomic E-state index is 0.600. The summed E-state index contributed by atoms with van der Waals surface area (Å²) in [7, 11) is 0. The molecular weight excluding hydrogens is 659 g/mol. The van der Waals surface area contributed by atoms with Crippen LogP contribution < -0.4 is 0 Å². The van der Waals surface area contributed by atoms with Gasteiger partial charge >= 0.3 is 0 Å². The van der Waals surface area contributed by atoms with Gasteiger partial charge in [0.1, 0.15) is 11.2 Å². The summed E-state index contributed by atoms with van der Waals surface area (Å²) in [5.41, 5.74) is 12.6. The van der Waals surface area contributed by atoms with Crippen LogP contribution in [-0.4, -0.2) is 15.0 Å². The molecule has 54 heavy (non-hydrogen) atoms. The molecule has 0 aliphatic heterocycles. The summed E-state index contributed by atoms with van der Waals surface area (Å²) in [5, 5.41) is 2.00. The predicted molar refractivity (Wildman–Crippen MR) is 225 cm³/mol. The van der Waals surface area contributed by atoms with Crippen molar-refractivity contribution in [3.8, 4) is 56.4 Å². The fraction of sp³-hybridized carbons (Fsp3) is 0.100. The molecule has 0 spiro atoms. The lowest BCUT2D eigenvalue weighted by molar-refractivity contribution is 0.669. The Bertz CT molecular complexity index is 2700. The van der Waals surface area contributed by atoms with Crippen LogP contribution in [0, 0.1) is 0 Å². The van der Waals surface area contributed by atoms with E-state index < -0.39 is 0 Å². The summed E-state index contributed by atoms with van der Waals surface area (Å²) in [6, 6.07) is 48.6. The number of furan rings is 1. The molecule has 2 heterocycles. The molecule has 0 saturated carbocycles. The van der Waals surface area contributed by atoms with Crippen LogP contribution in [0.5, 0.6) is 0 Å². The standard InChI is InChI=1S/C50H39N3O/c1-2-3-7-22-39-33-40(29-30-41(39)36-18-10-5-11-19-36)42-31-32-45-46(43-23-14-15-24-44(43)54-45)47(42)50-52-48(37-20-12-6-13-21-37)51-49(53-50)38-27-25-35(26-28-38)34-16-8-4-9-17-34/h2-3,5-7,10-16,18-33H,4,8-9,17H2,1H3/b3-2-,22-7-. The lowest BCUT2D eigenvalue weighted by Gasteiger charge is -2.16. The quantitative estimate of drug-likeness (QED) is 0.148. The lowest BCUT2D eigenvalue weighted by Crippen LogP contribution is -2.02. The summed E-state index contributed by atoms with van der Waals surface area (Å²) in [5.74, 6) is 1.86. The van der Waals surface area contributed by atoms with Crippen LogP contribution in [-0.2, 0) is 0 Å². The van der Waals surface area contributed by atoms with E-state index in [4.69, 9.17) is 19.4 Å². The van der Waals surface area contributed by atoms with Gasteiger partial charge in [0.05, 0.1) is 0 Å². The molecule has 0 radical (unpaired) electrons. The van der Waals surface area contributed by atoms with Gasteiger partial charge in [-0.3, -0.25) is 0 Å². The van der Waals surface area contributed by atoms with Gasteiger partial charge in [-0.1, -0.05) is 146 Å². The number of fused-ring (bicyclic) bond motifs is 3. The molecule has 0 bridgehead atoms. The highest BCUT2D eigenvalue weighted by atomic mass is 16.3. The van der Waals surface area contributed by atoms with Crippen molar-refractivity contribution >= 4 is 33.6 Å². The van der Waals surface area contributed by atoms with E-state index in [1.54, 1.807) is 0 Å². The number of aromatic nitrogens is 3. The van der Waals surface area contributed by atoms with E-state index in [1.807, 2.05) is 43.3 Å². The summed E-state index contributed by atoms with van der Waals surface area (Å²) in [6.45, 7) is 2.03. The van der Waals surface area contributed by atoms with E-state index in [-0.39, 0.29) is 0 Å². The van der Waals surface area contributed by atoms with E-state index in [0.717, 1.165) is 73.7 Å². The Morgan fingerprint density at radius 2 is 1.19 bits per heavy atom. The topological polar surface area (TPSA) is 51.8 Å². The molecule has 2 aromatic heterocycles. The zero-order chi connectivity index (χ0) is 36.3. The molecule has 1 aliphatic carbocycles. The third-order valence-corrected chi connectivity index (χ3v) is 10.3.